The lowest BCUT2D eigenvalue weighted by molar-refractivity contribution is 0.168. The zero-order chi connectivity index (χ0) is 12.1. The molecule has 0 fully saturated rings. The number of hydrogen-bond acceptors (Lipinski definition) is 3. The van der Waals surface area contributed by atoms with Gasteiger partial charge in [-0.25, -0.2) is 4.68 Å². The van der Waals surface area contributed by atoms with Gasteiger partial charge in [0.05, 0.1) is 11.4 Å². The van der Waals surface area contributed by atoms with E-state index in [4.69, 9.17) is 0 Å². The second-order valence-electron chi connectivity index (χ2n) is 3.83. The summed E-state index contributed by atoms with van der Waals surface area (Å²) in [5.74, 6) is 0. The Morgan fingerprint density at radius 1 is 1.29 bits per heavy atom. The molecule has 0 saturated heterocycles. The van der Waals surface area contributed by atoms with Gasteiger partial charge in [0.15, 0.2) is 0 Å². The maximum atomic E-state index is 10.1. The molecule has 1 aromatic heterocycles. The van der Waals surface area contributed by atoms with Crippen LogP contribution in [0.2, 0.25) is 0 Å². The number of benzene rings is 1. The molecule has 1 atom stereocenters. The van der Waals surface area contributed by atoms with Crippen molar-refractivity contribution >= 4 is 0 Å². The summed E-state index contributed by atoms with van der Waals surface area (Å²) in [5.41, 5.74) is 1.76. The van der Waals surface area contributed by atoms with Gasteiger partial charge in [0, 0.05) is 12.7 Å². The topological polar surface area (TPSA) is 50.1 Å². The monoisotopic (exact) mass is 231 g/mol. The summed E-state index contributed by atoms with van der Waals surface area (Å²) in [6, 6.07) is 11.7. The van der Waals surface area contributed by atoms with Gasteiger partial charge in [-0.15, -0.1) is 0 Å². The van der Waals surface area contributed by atoms with Gasteiger partial charge in [-0.2, -0.15) is 5.10 Å². The molecule has 0 aliphatic rings. The average Bonchev–Trinajstić information content (AvgIpc) is 2.86. The fraction of sp³-hybridized carbons (Fsp3) is 0.308. The van der Waals surface area contributed by atoms with E-state index in [1.165, 1.54) is 0 Å². The number of aromatic nitrogens is 2. The van der Waals surface area contributed by atoms with Crippen LogP contribution in [0, 0.1) is 0 Å². The Balaban J connectivity index is 2.23. The van der Waals surface area contributed by atoms with Gasteiger partial charge in [0.1, 0.15) is 6.10 Å². The normalized spacial score (nSPS) is 12.6. The molecule has 1 unspecified atom stereocenters. The minimum Gasteiger partial charge on any atom is -0.385 e. The van der Waals surface area contributed by atoms with Gasteiger partial charge in [-0.1, -0.05) is 25.1 Å². The first-order valence-electron chi connectivity index (χ1n) is 5.81. The molecule has 0 radical (unpaired) electrons. The number of nitrogens with one attached hydrogen (secondary N) is 1. The minimum absolute atomic E-state index is 0.537. The lowest BCUT2D eigenvalue weighted by Crippen LogP contribution is -2.22. The van der Waals surface area contributed by atoms with Gasteiger partial charge >= 0.3 is 0 Å². The fourth-order valence-electron chi connectivity index (χ4n) is 1.74. The van der Waals surface area contributed by atoms with Crippen molar-refractivity contribution in [1.29, 1.82) is 0 Å². The van der Waals surface area contributed by atoms with Crippen LogP contribution in [0.5, 0.6) is 0 Å². The highest BCUT2D eigenvalue weighted by molar-refractivity contribution is 5.32. The Hall–Kier alpha value is -1.65. The number of nitrogens with zero attached hydrogens (tertiary/aromatic N) is 2. The van der Waals surface area contributed by atoms with E-state index in [0.717, 1.165) is 17.9 Å². The summed E-state index contributed by atoms with van der Waals surface area (Å²) in [6.07, 6.45) is 1.16. The number of likely N-dealkylation sites (N-methyl/N-ethyl adjacent to an activating group) is 1. The molecule has 1 aromatic carbocycles. The summed E-state index contributed by atoms with van der Waals surface area (Å²) in [5, 5.41) is 17.4. The molecule has 90 valence electrons. The second-order valence-corrected chi connectivity index (χ2v) is 3.83. The van der Waals surface area contributed by atoms with Gasteiger partial charge in [-0.05, 0) is 24.7 Å². The van der Waals surface area contributed by atoms with Crippen LogP contribution in [0.4, 0.5) is 0 Å². The Morgan fingerprint density at radius 2 is 2.06 bits per heavy atom. The van der Waals surface area contributed by atoms with Crippen LogP contribution in [-0.4, -0.2) is 28.0 Å². The van der Waals surface area contributed by atoms with E-state index in [1.807, 2.05) is 43.3 Å². The maximum Gasteiger partial charge on any atom is 0.108 e. The fourth-order valence-corrected chi connectivity index (χ4v) is 1.74. The van der Waals surface area contributed by atoms with Gasteiger partial charge in [0.25, 0.3) is 0 Å². The zero-order valence-electron chi connectivity index (χ0n) is 9.87. The van der Waals surface area contributed by atoms with E-state index in [1.54, 1.807) is 10.9 Å². The molecule has 1 heterocycles. The third kappa shape index (κ3) is 2.72. The standard InChI is InChI=1S/C13H17N3O/c1-2-14-10-13(17)12-8-9-15-16(12)11-6-4-3-5-7-11/h3-9,13-14,17H,2,10H2,1H3. The van der Waals surface area contributed by atoms with Crippen LogP contribution in [0.1, 0.15) is 18.7 Å². The molecule has 0 aliphatic carbocycles. The smallest absolute Gasteiger partial charge is 0.108 e. The van der Waals surface area contributed by atoms with Crippen molar-refractivity contribution in [2.45, 2.75) is 13.0 Å². The molecule has 0 saturated carbocycles. The van der Waals surface area contributed by atoms with Crippen molar-refractivity contribution in [2.24, 2.45) is 0 Å². The van der Waals surface area contributed by atoms with E-state index in [-0.39, 0.29) is 0 Å². The van der Waals surface area contributed by atoms with Crippen molar-refractivity contribution in [3.05, 3.63) is 48.3 Å². The maximum absolute atomic E-state index is 10.1. The largest absolute Gasteiger partial charge is 0.385 e. The number of hydrogen-bond donors (Lipinski definition) is 2. The van der Waals surface area contributed by atoms with Gasteiger partial charge in [0.2, 0.25) is 0 Å². The number of aliphatic hydroxyl groups excluding tert-OH is 1. The van der Waals surface area contributed by atoms with Gasteiger partial charge in [-0.3, -0.25) is 0 Å². The SMILES string of the molecule is CCNCC(O)c1ccnn1-c1ccccc1. The quantitative estimate of drug-likeness (QED) is 0.820. The van der Waals surface area contributed by atoms with Crippen LogP contribution in [0.25, 0.3) is 5.69 Å². The van der Waals surface area contributed by atoms with Crippen molar-refractivity contribution < 1.29 is 5.11 Å². The van der Waals surface area contributed by atoms with E-state index < -0.39 is 6.10 Å². The molecule has 0 bridgehead atoms. The van der Waals surface area contributed by atoms with Crippen molar-refractivity contribution in [3.63, 3.8) is 0 Å². The molecule has 2 N–H and O–H groups in total. The van der Waals surface area contributed by atoms with E-state index in [9.17, 15) is 5.11 Å². The summed E-state index contributed by atoms with van der Waals surface area (Å²) in [4.78, 5) is 0. The lowest BCUT2D eigenvalue weighted by Gasteiger charge is -2.13. The molecule has 0 amide bonds. The van der Waals surface area contributed by atoms with Crippen LogP contribution < -0.4 is 5.32 Å². The molecular formula is C13H17N3O. The molecule has 2 aromatic rings. The Bertz CT molecular complexity index is 453. The van der Waals surface area contributed by atoms with Gasteiger partial charge < -0.3 is 10.4 Å². The highest BCUT2D eigenvalue weighted by atomic mass is 16.3. The first-order valence-corrected chi connectivity index (χ1v) is 5.81. The third-order valence-electron chi connectivity index (χ3n) is 2.60. The summed E-state index contributed by atoms with van der Waals surface area (Å²) >= 11 is 0. The predicted octanol–water partition coefficient (Wildman–Crippen LogP) is 1.52. The van der Waals surface area contributed by atoms with E-state index in [2.05, 4.69) is 10.4 Å². The van der Waals surface area contributed by atoms with E-state index in [0.29, 0.717) is 6.54 Å². The lowest BCUT2D eigenvalue weighted by atomic mass is 10.2. The minimum atomic E-state index is -0.544. The number of aliphatic hydroxyl groups is 1. The molecule has 2 rings (SSSR count). The van der Waals surface area contributed by atoms with E-state index >= 15 is 0 Å². The van der Waals surface area contributed by atoms with Crippen LogP contribution in [0.15, 0.2) is 42.6 Å². The first-order chi connectivity index (χ1) is 8.33. The summed E-state index contributed by atoms with van der Waals surface area (Å²) in [7, 11) is 0. The Kier molecular flexibility index (Phi) is 3.90. The van der Waals surface area contributed by atoms with Crippen molar-refractivity contribution in [1.82, 2.24) is 15.1 Å². The average molecular weight is 231 g/mol. The molecular weight excluding hydrogens is 214 g/mol. The number of para-hydroxylation sites is 1. The highest BCUT2D eigenvalue weighted by Crippen LogP contribution is 2.16. The Labute approximate surface area is 101 Å². The Morgan fingerprint density at radius 3 is 2.76 bits per heavy atom. The predicted molar refractivity (Wildman–Crippen MR) is 67.1 cm³/mol. The van der Waals surface area contributed by atoms with Crippen molar-refractivity contribution in [2.75, 3.05) is 13.1 Å². The zero-order valence-corrected chi connectivity index (χ0v) is 9.87. The molecule has 17 heavy (non-hydrogen) atoms. The van der Waals surface area contributed by atoms with Crippen LogP contribution in [0.3, 0.4) is 0 Å². The molecule has 0 spiro atoms. The summed E-state index contributed by atoms with van der Waals surface area (Å²) in [6.45, 7) is 3.40. The molecule has 4 nitrogen and oxygen atoms in total. The summed E-state index contributed by atoms with van der Waals surface area (Å²) < 4.78 is 1.77. The number of rotatable bonds is 5. The molecule has 4 heteroatoms. The third-order valence-corrected chi connectivity index (χ3v) is 2.60. The van der Waals surface area contributed by atoms with Crippen LogP contribution in [-0.2, 0) is 0 Å². The van der Waals surface area contributed by atoms with Crippen molar-refractivity contribution in [3.8, 4) is 5.69 Å². The molecule has 0 aliphatic heterocycles. The first kappa shape index (κ1) is 11.8. The highest BCUT2D eigenvalue weighted by Gasteiger charge is 2.13. The second kappa shape index (κ2) is 5.61. The van der Waals surface area contributed by atoms with Crippen LogP contribution >= 0.6 is 0 Å².